The van der Waals surface area contributed by atoms with Crippen LogP contribution in [0.2, 0.25) is 0 Å². The first-order valence-electron chi connectivity index (χ1n) is 5.73. The second-order valence-corrected chi connectivity index (χ2v) is 6.92. The van der Waals surface area contributed by atoms with Crippen LogP contribution in [0, 0.1) is 0 Å². The summed E-state index contributed by atoms with van der Waals surface area (Å²) in [6.07, 6.45) is 0. The Morgan fingerprint density at radius 3 is 2.80 bits per heavy atom. The fourth-order valence-corrected chi connectivity index (χ4v) is 3.43. The number of carbonyl (C=O) groups is 1. The second-order valence-electron chi connectivity index (χ2n) is 4.11. The van der Waals surface area contributed by atoms with E-state index in [9.17, 15) is 13.2 Å². The number of carboxylic acids is 1. The molecular weight excluding hydrogens is 306 g/mol. The second kappa shape index (κ2) is 7.64. The lowest BCUT2D eigenvalue weighted by atomic mass is 10.5. The first-order valence-corrected chi connectivity index (χ1v) is 8.10. The van der Waals surface area contributed by atoms with Gasteiger partial charge in [0.25, 0.3) is 10.0 Å². The number of hydrogen-bond donors (Lipinski definition) is 2. The molecule has 1 heterocycles. The third-order valence-electron chi connectivity index (χ3n) is 2.20. The SMILES string of the molecule is CN(C)CCOCCNS(=O)(=O)c1scnc1C(=O)O. The van der Waals surface area contributed by atoms with E-state index in [0.29, 0.717) is 6.61 Å². The van der Waals surface area contributed by atoms with Crippen LogP contribution in [0.4, 0.5) is 0 Å². The molecule has 0 spiro atoms. The lowest BCUT2D eigenvalue weighted by molar-refractivity contribution is 0.0687. The van der Waals surface area contributed by atoms with Gasteiger partial charge in [0.15, 0.2) is 9.90 Å². The van der Waals surface area contributed by atoms with Crippen molar-refractivity contribution in [3.63, 3.8) is 0 Å². The van der Waals surface area contributed by atoms with Gasteiger partial charge in [0.2, 0.25) is 0 Å². The maximum Gasteiger partial charge on any atom is 0.356 e. The van der Waals surface area contributed by atoms with Crippen molar-refractivity contribution in [3.05, 3.63) is 11.2 Å². The van der Waals surface area contributed by atoms with Gasteiger partial charge in [-0.2, -0.15) is 0 Å². The van der Waals surface area contributed by atoms with Gasteiger partial charge in [-0.25, -0.2) is 22.9 Å². The van der Waals surface area contributed by atoms with Gasteiger partial charge in [-0.1, -0.05) is 0 Å². The fourth-order valence-electron chi connectivity index (χ4n) is 1.23. The summed E-state index contributed by atoms with van der Waals surface area (Å²) in [4.78, 5) is 16.3. The number of sulfonamides is 1. The van der Waals surface area contributed by atoms with Crippen LogP contribution in [0.1, 0.15) is 10.5 Å². The Bertz CT molecular complexity index is 541. The Balaban J connectivity index is 2.46. The molecule has 0 saturated carbocycles. The van der Waals surface area contributed by atoms with Gasteiger partial charge in [0.1, 0.15) is 0 Å². The summed E-state index contributed by atoms with van der Waals surface area (Å²) in [6.45, 7) is 1.53. The highest BCUT2D eigenvalue weighted by molar-refractivity contribution is 7.91. The predicted octanol–water partition coefficient (Wildman–Crippen LogP) is -0.302. The van der Waals surface area contributed by atoms with E-state index in [2.05, 4.69) is 9.71 Å². The van der Waals surface area contributed by atoms with Crippen LogP contribution in [0.15, 0.2) is 9.72 Å². The number of hydrogen-bond acceptors (Lipinski definition) is 7. The molecule has 1 rings (SSSR count). The zero-order valence-electron chi connectivity index (χ0n) is 11.2. The van der Waals surface area contributed by atoms with Crippen LogP contribution in [0.25, 0.3) is 0 Å². The summed E-state index contributed by atoms with van der Waals surface area (Å²) < 4.78 is 31.0. The summed E-state index contributed by atoms with van der Waals surface area (Å²) in [5, 5.41) is 8.83. The summed E-state index contributed by atoms with van der Waals surface area (Å²) >= 11 is 0.767. The summed E-state index contributed by atoms with van der Waals surface area (Å²) in [6, 6.07) is 0. The minimum absolute atomic E-state index is 0.0761. The van der Waals surface area contributed by atoms with Gasteiger partial charge < -0.3 is 14.7 Å². The van der Waals surface area contributed by atoms with Crippen molar-refractivity contribution in [3.8, 4) is 0 Å². The maximum atomic E-state index is 11.9. The molecule has 0 amide bonds. The van der Waals surface area contributed by atoms with E-state index in [0.717, 1.165) is 17.9 Å². The number of likely N-dealkylation sites (N-methyl/N-ethyl adjacent to an activating group) is 1. The van der Waals surface area contributed by atoms with E-state index < -0.39 is 21.7 Å². The molecule has 0 fully saturated rings. The number of thiazole rings is 1. The number of carboxylic acid groups (broad SMARTS) is 1. The molecule has 0 bridgehead atoms. The normalized spacial score (nSPS) is 11.9. The first-order chi connectivity index (χ1) is 9.34. The lowest BCUT2D eigenvalue weighted by Crippen LogP contribution is -2.29. The molecule has 0 radical (unpaired) electrons. The first kappa shape index (κ1) is 17.0. The molecule has 2 N–H and O–H groups in total. The third kappa shape index (κ3) is 5.13. The summed E-state index contributed by atoms with van der Waals surface area (Å²) in [5.41, 5.74) is 0.724. The Labute approximate surface area is 121 Å². The Morgan fingerprint density at radius 1 is 1.50 bits per heavy atom. The molecule has 0 aliphatic heterocycles. The van der Waals surface area contributed by atoms with E-state index in [1.807, 2.05) is 19.0 Å². The zero-order valence-corrected chi connectivity index (χ0v) is 12.8. The van der Waals surface area contributed by atoms with Crippen molar-refractivity contribution in [2.45, 2.75) is 4.21 Å². The monoisotopic (exact) mass is 323 g/mol. The van der Waals surface area contributed by atoms with Crippen molar-refractivity contribution in [2.24, 2.45) is 0 Å². The standard InChI is InChI=1S/C10H17N3O5S2/c1-13(2)4-6-18-5-3-12-20(16,17)10-8(9(14)15)11-7-19-10/h7,12H,3-6H2,1-2H3,(H,14,15). The van der Waals surface area contributed by atoms with Gasteiger partial charge >= 0.3 is 5.97 Å². The minimum atomic E-state index is -3.86. The molecule has 114 valence electrons. The van der Waals surface area contributed by atoms with E-state index in [4.69, 9.17) is 9.84 Å². The summed E-state index contributed by atoms with van der Waals surface area (Å²) in [7, 11) is -0.0493. The van der Waals surface area contributed by atoms with E-state index in [-0.39, 0.29) is 17.4 Å². The predicted molar refractivity (Wildman–Crippen MR) is 73.6 cm³/mol. The average molecular weight is 323 g/mol. The van der Waals surface area contributed by atoms with E-state index in [1.54, 1.807) is 0 Å². The van der Waals surface area contributed by atoms with Crippen LogP contribution >= 0.6 is 11.3 Å². The van der Waals surface area contributed by atoms with Crippen molar-refractivity contribution < 1.29 is 23.1 Å². The largest absolute Gasteiger partial charge is 0.476 e. The zero-order chi connectivity index (χ0) is 15.2. The van der Waals surface area contributed by atoms with Crippen molar-refractivity contribution in [1.29, 1.82) is 0 Å². The van der Waals surface area contributed by atoms with E-state index in [1.165, 1.54) is 5.51 Å². The van der Waals surface area contributed by atoms with Gasteiger partial charge in [-0.05, 0) is 14.1 Å². The van der Waals surface area contributed by atoms with Gasteiger partial charge in [-0.15, -0.1) is 11.3 Å². The molecule has 0 aliphatic carbocycles. The number of nitrogens with one attached hydrogen (secondary N) is 1. The number of aromatic nitrogens is 1. The van der Waals surface area contributed by atoms with Crippen molar-refractivity contribution in [1.82, 2.24) is 14.6 Å². The molecular formula is C10H17N3O5S2. The van der Waals surface area contributed by atoms with Crippen molar-refractivity contribution in [2.75, 3.05) is 40.4 Å². The smallest absolute Gasteiger partial charge is 0.356 e. The number of ether oxygens (including phenoxy) is 1. The molecule has 0 atom stereocenters. The van der Waals surface area contributed by atoms with Gasteiger partial charge in [0, 0.05) is 13.1 Å². The van der Waals surface area contributed by atoms with Gasteiger partial charge in [0.05, 0.1) is 18.7 Å². The van der Waals surface area contributed by atoms with Crippen LogP contribution in [0.3, 0.4) is 0 Å². The molecule has 0 saturated heterocycles. The molecule has 0 aliphatic rings. The maximum absolute atomic E-state index is 11.9. The third-order valence-corrected chi connectivity index (χ3v) is 5.03. The highest BCUT2D eigenvalue weighted by Gasteiger charge is 2.25. The molecule has 20 heavy (non-hydrogen) atoms. The highest BCUT2D eigenvalue weighted by Crippen LogP contribution is 2.19. The number of rotatable bonds is 9. The average Bonchev–Trinajstić information content (AvgIpc) is 2.83. The Morgan fingerprint density at radius 2 is 2.20 bits per heavy atom. The molecule has 1 aromatic rings. The molecule has 10 heteroatoms. The van der Waals surface area contributed by atoms with Crippen LogP contribution in [0.5, 0.6) is 0 Å². The Kier molecular flexibility index (Phi) is 6.49. The highest BCUT2D eigenvalue weighted by atomic mass is 32.2. The minimum Gasteiger partial charge on any atom is -0.476 e. The molecule has 0 unspecified atom stereocenters. The van der Waals surface area contributed by atoms with Crippen molar-refractivity contribution >= 4 is 27.3 Å². The number of nitrogens with zero attached hydrogens (tertiary/aromatic N) is 2. The van der Waals surface area contributed by atoms with Crippen LogP contribution < -0.4 is 4.72 Å². The van der Waals surface area contributed by atoms with Crippen LogP contribution in [-0.4, -0.2) is 69.8 Å². The Hall–Kier alpha value is -1.07. The lowest BCUT2D eigenvalue weighted by Gasteiger charge is -2.10. The molecule has 1 aromatic heterocycles. The number of aromatic carboxylic acids is 1. The summed E-state index contributed by atoms with van der Waals surface area (Å²) in [5.74, 6) is -1.37. The molecule has 8 nitrogen and oxygen atoms in total. The fraction of sp³-hybridized carbons (Fsp3) is 0.600. The van der Waals surface area contributed by atoms with E-state index >= 15 is 0 Å². The molecule has 0 aromatic carbocycles. The topological polar surface area (TPSA) is 109 Å². The quantitative estimate of drug-likeness (QED) is 0.600. The van der Waals surface area contributed by atoms with Crippen LogP contribution in [-0.2, 0) is 14.8 Å². The van der Waals surface area contributed by atoms with Gasteiger partial charge in [-0.3, -0.25) is 0 Å².